The fourth-order valence-corrected chi connectivity index (χ4v) is 3.80. The number of aliphatic carboxylic acids is 1. The van der Waals surface area contributed by atoms with E-state index in [1.54, 1.807) is 25.3 Å². The second-order valence-corrected chi connectivity index (χ2v) is 8.08. The first-order valence-electron chi connectivity index (χ1n) is 10.4. The normalized spacial score (nSPS) is 16.9. The lowest BCUT2D eigenvalue weighted by Gasteiger charge is -2.28. The predicted octanol–water partition coefficient (Wildman–Crippen LogP) is 3.28. The topological polar surface area (TPSA) is 96.9 Å². The van der Waals surface area contributed by atoms with Crippen molar-refractivity contribution in [1.82, 2.24) is 10.6 Å². The molecule has 0 radical (unpaired) electrons. The molecule has 0 spiro atoms. The monoisotopic (exact) mass is 406 g/mol. The second-order valence-electron chi connectivity index (χ2n) is 8.08. The molecule has 1 aromatic rings. The van der Waals surface area contributed by atoms with Crippen LogP contribution in [0, 0.1) is 5.92 Å². The Bertz CT molecular complexity index is 686. The molecule has 2 rings (SSSR count). The van der Waals surface area contributed by atoms with Crippen LogP contribution in [-0.2, 0) is 9.59 Å². The number of carbonyl (C=O) groups excluding carboxylic acids is 1. The van der Waals surface area contributed by atoms with Crippen LogP contribution in [0.1, 0.15) is 64.0 Å². The zero-order valence-corrected chi connectivity index (χ0v) is 17.9. The Morgan fingerprint density at radius 2 is 1.76 bits per heavy atom. The SMILES string of the molecule is COc1ccc(C(N[C@@H](CC(C)C)C(=O)O)C(=O)NC2CCCCC2)cc1OC. The van der Waals surface area contributed by atoms with Crippen LogP contribution in [0.3, 0.4) is 0 Å². The standard InChI is InChI=1S/C22H34N2O5/c1-14(2)12-17(22(26)27)24-20(21(25)23-16-8-6-5-7-9-16)15-10-11-18(28-3)19(13-15)29-4/h10-11,13-14,16-17,20,24H,5-9,12H2,1-4H3,(H,23,25)(H,26,27)/t17-,20?/m0/s1. The summed E-state index contributed by atoms with van der Waals surface area (Å²) in [5.74, 6) is 0.0579. The van der Waals surface area contributed by atoms with Crippen molar-refractivity contribution < 1.29 is 24.2 Å². The van der Waals surface area contributed by atoms with Crippen LogP contribution in [0.2, 0.25) is 0 Å². The van der Waals surface area contributed by atoms with E-state index < -0.39 is 18.1 Å². The van der Waals surface area contributed by atoms with Gasteiger partial charge in [-0.05, 0) is 42.9 Å². The number of amides is 1. The van der Waals surface area contributed by atoms with Gasteiger partial charge in [0.2, 0.25) is 5.91 Å². The molecule has 7 heteroatoms. The molecule has 29 heavy (non-hydrogen) atoms. The van der Waals surface area contributed by atoms with Crippen molar-refractivity contribution in [1.29, 1.82) is 0 Å². The predicted molar refractivity (Wildman–Crippen MR) is 111 cm³/mol. The molecule has 1 fully saturated rings. The van der Waals surface area contributed by atoms with E-state index in [-0.39, 0.29) is 17.9 Å². The number of hydrogen-bond acceptors (Lipinski definition) is 5. The van der Waals surface area contributed by atoms with Crippen molar-refractivity contribution in [2.24, 2.45) is 5.92 Å². The van der Waals surface area contributed by atoms with Gasteiger partial charge in [0.25, 0.3) is 0 Å². The fourth-order valence-electron chi connectivity index (χ4n) is 3.80. The molecule has 0 aliphatic heterocycles. The van der Waals surface area contributed by atoms with E-state index >= 15 is 0 Å². The Kier molecular flexibility index (Phi) is 8.76. The molecule has 2 atom stereocenters. The van der Waals surface area contributed by atoms with E-state index in [9.17, 15) is 14.7 Å². The highest BCUT2D eigenvalue weighted by molar-refractivity contribution is 5.85. The van der Waals surface area contributed by atoms with Gasteiger partial charge in [0.15, 0.2) is 11.5 Å². The van der Waals surface area contributed by atoms with Gasteiger partial charge in [0.1, 0.15) is 12.1 Å². The first-order chi connectivity index (χ1) is 13.8. The molecule has 1 unspecified atom stereocenters. The Hall–Kier alpha value is -2.28. The van der Waals surface area contributed by atoms with Crippen molar-refractivity contribution in [2.45, 2.75) is 70.5 Å². The van der Waals surface area contributed by atoms with E-state index in [4.69, 9.17) is 9.47 Å². The molecule has 0 aromatic heterocycles. The van der Waals surface area contributed by atoms with Gasteiger partial charge in [0.05, 0.1) is 14.2 Å². The van der Waals surface area contributed by atoms with Crippen molar-refractivity contribution in [3.63, 3.8) is 0 Å². The third kappa shape index (κ3) is 6.63. The van der Waals surface area contributed by atoms with Gasteiger partial charge in [-0.3, -0.25) is 14.9 Å². The van der Waals surface area contributed by atoms with Gasteiger partial charge in [-0.1, -0.05) is 39.2 Å². The number of carboxylic acid groups (broad SMARTS) is 1. The minimum Gasteiger partial charge on any atom is -0.493 e. The zero-order chi connectivity index (χ0) is 21.4. The molecule has 3 N–H and O–H groups in total. The minimum absolute atomic E-state index is 0.133. The zero-order valence-electron chi connectivity index (χ0n) is 17.9. The maximum Gasteiger partial charge on any atom is 0.320 e. The number of hydrogen-bond donors (Lipinski definition) is 3. The quantitative estimate of drug-likeness (QED) is 0.552. The maximum atomic E-state index is 13.2. The van der Waals surface area contributed by atoms with Crippen LogP contribution < -0.4 is 20.1 Å². The van der Waals surface area contributed by atoms with Crippen LogP contribution in [0.25, 0.3) is 0 Å². The van der Waals surface area contributed by atoms with Crippen molar-refractivity contribution >= 4 is 11.9 Å². The number of methoxy groups -OCH3 is 2. The number of carboxylic acids is 1. The van der Waals surface area contributed by atoms with E-state index in [0.717, 1.165) is 25.7 Å². The molecule has 7 nitrogen and oxygen atoms in total. The van der Waals surface area contributed by atoms with Crippen LogP contribution >= 0.6 is 0 Å². The van der Waals surface area contributed by atoms with Crippen molar-refractivity contribution in [2.75, 3.05) is 14.2 Å². The number of nitrogens with one attached hydrogen (secondary N) is 2. The molecule has 1 amide bonds. The van der Waals surface area contributed by atoms with E-state index in [0.29, 0.717) is 23.5 Å². The Morgan fingerprint density at radius 3 is 2.31 bits per heavy atom. The van der Waals surface area contributed by atoms with Crippen LogP contribution in [0.15, 0.2) is 18.2 Å². The highest BCUT2D eigenvalue weighted by atomic mass is 16.5. The molecule has 162 valence electrons. The average molecular weight is 407 g/mol. The molecule has 1 saturated carbocycles. The van der Waals surface area contributed by atoms with Crippen LogP contribution in [0.4, 0.5) is 0 Å². The molecule has 0 bridgehead atoms. The lowest BCUT2D eigenvalue weighted by Crippen LogP contribution is -2.48. The van der Waals surface area contributed by atoms with Gasteiger partial charge in [-0.15, -0.1) is 0 Å². The summed E-state index contributed by atoms with van der Waals surface area (Å²) in [6.07, 6.45) is 5.74. The summed E-state index contributed by atoms with van der Waals surface area (Å²) in [6, 6.07) is 3.74. The van der Waals surface area contributed by atoms with E-state index in [1.807, 2.05) is 13.8 Å². The molecular weight excluding hydrogens is 372 g/mol. The fraction of sp³-hybridized carbons (Fsp3) is 0.636. The van der Waals surface area contributed by atoms with Gasteiger partial charge >= 0.3 is 5.97 Å². The third-order valence-corrected chi connectivity index (χ3v) is 5.33. The van der Waals surface area contributed by atoms with Crippen LogP contribution in [0.5, 0.6) is 11.5 Å². The highest BCUT2D eigenvalue weighted by Gasteiger charge is 2.30. The van der Waals surface area contributed by atoms with Gasteiger partial charge < -0.3 is 19.9 Å². The summed E-state index contributed by atoms with van der Waals surface area (Å²) in [6.45, 7) is 3.93. The molecule has 0 saturated heterocycles. The summed E-state index contributed by atoms with van der Waals surface area (Å²) < 4.78 is 10.7. The number of carbonyl (C=O) groups is 2. The largest absolute Gasteiger partial charge is 0.493 e. The lowest BCUT2D eigenvalue weighted by atomic mass is 9.94. The maximum absolute atomic E-state index is 13.2. The molecule has 0 heterocycles. The summed E-state index contributed by atoms with van der Waals surface area (Å²) in [5.41, 5.74) is 0.644. The first kappa shape index (κ1) is 23.0. The Balaban J connectivity index is 2.30. The van der Waals surface area contributed by atoms with Crippen molar-refractivity contribution in [3.05, 3.63) is 23.8 Å². The second kappa shape index (κ2) is 11.0. The minimum atomic E-state index is -0.963. The van der Waals surface area contributed by atoms with Crippen LogP contribution in [-0.4, -0.2) is 43.3 Å². The number of rotatable bonds is 10. The van der Waals surface area contributed by atoms with Crippen molar-refractivity contribution in [3.8, 4) is 11.5 Å². The molecular formula is C22H34N2O5. The summed E-state index contributed by atoms with van der Waals surface area (Å²) in [4.78, 5) is 25.0. The van der Waals surface area contributed by atoms with Gasteiger partial charge in [-0.25, -0.2) is 0 Å². The molecule has 1 aromatic carbocycles. The molecule has 1 aliphatic rings. The lowest BCUT2D eigenvalue weighted by molar-refractivity contribution is -0.140. The number of benzene rings is 1. The first-order valence-corrected chi connectivity index (χ1v) is 10.4. The highest BCUT2D eigenvalue weighted by Crippen LogP contribution is 2.31. The summed E-state index contributed by atoms with van der Waals surface area (Å²) in [7, 11) is 3.08. The summed E-state index contributed by atoms with van der Waals surface area (Å²) >= 11 is 0. The molecule has 1 aliphatic carbocycles. The smallest absolute Gasteiger partial charge is 0.320 e. The average Bonchev–Trinajstić information content (AvgIpc) is 2.70. The van der Waals surface area contributed by atoms with Gasteiger partial charge in [-0.2, -0.15) is 0 Å². The van der Waals surface area contributed by atoms with E-state index in [2.05, 4.69) is 10.6 Å². The third-order valence-electron chi connectivity index (χ3n) is 5.33. The van der Waals surface area contributed by atoms with Gasteiger partial charge in [0, 0.05) is 6.04 Å². The Labute approximate surface area is 173 Å². The van der Waals surface area contributed by atoms with E-state index in [1.165, 1.54) is 13.5 Å². The number of ether oxygens (including phenoxy) is 2. The Morgan fingerprint density at radius 1 is 1.10 bits per heavy atom. The summed E-state index contributed by atoms with van der Waals surface area (Å²) in [5, 5.41) is 15.9.